The Kier molecular flexibility index (Phi) is 5.85. The van der Waals surface area contributed by atoms with Crippen LogP contribution >= 0.6 is 0 Å². The number of aromatic nitrogens is 3. The van der Waals surface area contributed by atoms with Gasteiger partial charge in [-0.05, 0) is 45.6 Å². The molecule has 1 aliphatic carbocycles. The Morgan fingerprint density at radius 1 is 1.23 bits per heavy atom. The van der Waals surface area contributed by atoms with E-state index in [9.17, 15) is 18.0 Å². The number of hydrogen-bond acceptors (Lipinski definition) is 5. The van der Waals surface area contributed by atoms with Gasteiger partial charge in [0.15, 0.2) is 5.65 Å². The van der Waals surface area contributed by atoms with E-state index in [2.05, 4.69) is 4.98 Å². The number of amides is 1. The second kappa shape index (κ2) is 8.29. The highest BCUT2D eigenvalue weighted by atomic mass is 19.4. The minimum absolute atomic E-state index is 0.0210. The topological polar surface area (TPSA) is 69.0 Å². The normalized spacial score (nSPS) is 27.5. The minimum Gasteiger partial charge on any atom is -0.453 e. The van der Waals surface area contributed by atoms with Crippen molar-refractivity contribution in [1.29, 1.82) is 0 Å². The van der Waals surface area contributed by atoms with Crippen molar-refractivity contribution in [3.8, 4) is 0 Å². The Morgan fingerprint density at radius 3 is 2.58 bits per heavy atom. The highest BCUT2D eigenvalue weighted by Gasteiger charge is 2.42. The lowest BCUT2D eigenvalue weighted by Crippen LogP contribution is -2.48. The Hall–Kier alpha value is -2.36. The summed E-state index contributed by atoms with van der Waals surface area (Å²) in [6.07, 6.45) is -3.79. The van der Waals surface area contributed by atoms with Gasteiger partial charge >= 0.3 is 12.3 Å². The largest absolute Gasteiger partial charge is 0.453 e. The van der Waals surface area contributed by atoms with Gasteiger partial charge in [0.05, 0.1) is 43.6 Å². The average molecular weight is 440 g/mol. The molecule has 2 aromatic rings. The van der Waals surface area contributed by atoms with Gasteiger partial charge < -0.3 is 14.4 Å². The van der Waals surface area contributed by atoms with Crippen LogP contribution in [0.3, 0.4) is 0 Å². The zero-order valence-corrected chi connectivity index (χ0v) is 17.9. The number of hydrogen-bond donors (Lipinski definition) is 0. The molecule has 7 nitrogen and oxygen atoms in total. The van der Waals surface area contributed by atoms with Gasteiger partial charge in [0.1, 0.15) is 6.10 Å². The minimum atomic E-state index is -4.13. The summed E-state index contributed by atoms with van der Waals surface area (Å²) in [7, 11) is 1.35. The van der Waals surface area contributed by atoms with E-state index in [1.54, 1.807) is 9.42 Å². The molecule has 3 heterocycles. The lowest BCUT2D eigenvalue weighted by atomic mass is 9.80. The summed E-state index contributed by atoms with van der Waals surface area (Å²) >= 11 is 0. The summed E-state index contributed by atoms with van der Waals surface area (Å²) in [5.41, 5.74) is 2.93. The van der Waals surface area contributed by atoms with Crippen molar-refractivity contribution in [3.05, 3.63) is 29.2 Å². The van der Waals surface area contributed by atoms with Crippen LogP contribution in [0, 0.1) is 12.8 Å². The smallest absolute Gasteiger partial charge is 0.409 e. The number of carbonyl (C=O) groups is 1. The fourth-order valence-electron chi connectivity index (χ4n) is 4.60. The van der Waals surface area contributed by atoms with E-state index in [4.69, 9.17) is 14.6 Å². The van der Waals surface area contributed by atoms with Crippen molar-refractivity contribution in [2.24, 2.45) is 5.92 Å². The maximum Gasteiger partial charge on any atom is 0.409 e. The van der Waals surface area contributed by atoms with Crippen molar-refractivity contribution in [2.45, 2.75) is 63.8 Å². The maximum atomic E-state index is 13.0. The molecule has 0 unspecified atom stereocenters. The third kappa shape index (κ3) is 4.35. The van der Waals surface area contributed by atoms with E-state index >= 15 is 0 Å². The first kappa shape index (κ1) is 21.9. The molecule has 31 heavy (non-hydrogen) atoms. The third-order valence-electron chi connectivity index (χ3n) is 6.38. The van der Waals surface area contributed by atoms with Gasteiger partial charge in [-0.15, -0.1) is 0 Å². The Bertz CT molecular complexity index is 953. The van der Waals surface area contributed by atoms with Crippen molar-refractivity contribution in [1.82, 2.24) is 19.5 Å². The first-order chi connectivity index (χ1) is 14.7. The monoisotopic (exact) mass is 440 g/mol. The van der Waals surface area contributed by atoms with Gasteiger partial charge in [0, 0.05) is 17.7 Å². The second-order valence-corrected chi connectivity index (χ2v) is 8.55. The van der Waals surface area contributed by atoms with Gasteiger partial charge in [-0.1, -0.05) is 0 Å². The summed E-state index contributed by atoms with van der Waals surface area (Å²) in [6.45, 7) is 4.44. The second-order valence-electron chi connectivity index (χ2n) is 8.55. The number of rotatable bonds is 2. The molecule has 2 atom stereocenters. The van der Waals surface area contributed by atoms with Crippen LogP contribution in [-0.4, -0.2) is 58.1 Å². The summed E-state index contributed by atoms with van der Waals surface area (Å²) < 4.78 is 51.6. The molecule has 170 valence electrons. The zero-order valence-electron chi connectivity index (χ0n) is 17.9. The lowest BCUT2D eigenvalue weighted by molar-refractivity contribution is -0.182. The third-order valence-corrected chi connectivity index (χ3v) is 6.38. The van der Waals surface area contributed by atoms with Crippen LogP contribution in [-0.2, 0) is 9.47 Å². The van der Waals surface area contributed by atoms with Crippen LogP contribution in [0.1, 0.15) is 61.7 Å². The number of alkyl halides is 3. The molecule has 10 heteroatoms. The predicted molar refractivity (Wildman–Crippen MR) is 106 cm³/mol. The standard InChI is InChI=1S/C21H27F3N4O3/c1-12-8-17(18-10-27(20(29)30-3)13(2)11-31-18)28-19(25-12)9-16(26-28)14-4-6-15(7-5-14)21(22,23)24/h8-9,13-15,18H,4-7,10-11H2,1-3H3/t13-,14?,15?,18-/m1/s1. The number of carbonyl (C=O) groups excluding carboxylic acids is 1. The van der Waals surface area contributed by atoms with E-state index in [-0.39, 0.29) is 24.8 Å². The summed E-state index contributed by atoms with van der Waals surface area (Å²) in [5.74, 6) is -1.24. The molecule has 0 radical (unpaired) electrons. The number of ether oxygens (including phenoxy) is 2. The first-order valence-corrected chi connectivity index (χ1v) is 10.6. The Balaban J connectivity index is 1.60. The summed E-state index contributed by atoms with van der Waals surface area (Å²) in [6, 6.07) is 3.62. The molecule has 1 saturated heterocycles. The highest BCUT2D eigenvalue weighted by molar-refractivity contribution is 5.68. The SMILES string of the molecule is COC(=O)N1C[C@H](c2cc(C)nc3cc(C4CCC(C(F)(F)F)CC4)nn23)OC[C@H]1C. The molecule has 1 saturated carbocycles. The molecule has 2 aromatic heterocycles. The maximum absolute atomic E-state index is 13.0. The van der Waals surface area contributed by atoms with Crippen molar-refractivity contribution >= 4 is 11.7 Å². The average Bonchev–Trinajstić information content (AvgIpc) is 3.16. The van der Waals surface area contributed by atoms with Crippen LogP contribution in [0.25, 0.3) is 5.65 Å². The van der Waals surface area contributed by atoms with E-state index in [0.29, 0.717) is 31.6 Å². The number of fused-ring (bicyclic) bond motifs is 1. The van der Waals surface area contributed by atoms with E-state index in [0.717, 1.165) is 17.1 Å². The fraction of sp³-hybridized carbons (Fsp3) is 0.667. The lowest BCUT2D eigenvalue weighted by Gasteiger charge is -2.37. The zero-order chi connectivity index (χ0) is 22.3. The number of morpholine rings is 1. The van der Waals surface area contributed by atoms with Crippen LogP contribution in [0.2, 0.25) is 0 Å². The molecule has 0 N–H and O–H groups in total. The van der Waals surface area contributed by atoms with E-state index < -0.39 is 24.3 Å². The highest BCUT2D eigenvalue weighted by Crippen LogP contribution is 2.42. The van der Waals surface area contributed by atoms with Crippen molar-refractivity contribution in [2.75, 3.05) is 20.3 Å². The molecule has 0 aromatic carbocycles. The van der Waals surface area contributed by atoms with Crippen LogP contribution in [0.4, 0.5) is 18.0 Å². The molecular formula is C21H27F3N4O3. The predicted octanol–water partition coefficient (Wildman–Crippen LogP) is 4.40. The molecule has 1 amide bonds. The molecule has 0 spiro atoms. The molecule has 1 aliphatic heterocycles. The van der Waals surface area contributed by atoms with Gasteiger partial charge in [0.2, 0.25) is 0 Å². The van der Waals surface area contributed by atoms with E-state index in [1.165, 1.54) is 7.11 Å². The number of aryl methyl sites for hydroxylation is 1. The Labute approximate surface area is 178 Å². The first-order valence-electron chi connectivity index (χ1n) is 10.6. The Morgan fingerprint density at radius 2 is 1.94 bits per heavy atom. The fourth-order valence-corrected chi connectivity index (χ4v) is 4.60. The molecule has 2 aliphatic rings. The molecule has 2 fully saturated rings. The van der Waals surface area contributed by atoms with Gasteiger partial charge in [-0.3, -0.25) is 0 Å². The van der Waals surface area contributed by atoms with Crippen LogP contribution < -0.4 is 0 Å². The van der Waals surface area contributed by atoms with Gasteiger partial charge in [0.25, 0.3) is 0 Å². The summed E-state index contributed by atoms with van der Waals surface area (Å²) in [5, 5.41) is 4.71. The number of nitrogens with zero attached hydrogens (tertiary/aromatic N) is 4. The van der Waals surface area contributed by atoms with E-state index in [1.807, 2.05) is 26.0 Å². The molecule has 4 rings (SSSR count). The van der Waals surface area contributed by atoms with Crippen molar-refractivity contribution < 1.29 is 27.4 Å². The molecule has 0 bridgehead atoms. The number of methoxy groups -OCH3 is 1. The van der Waals surface area contributed by atoms with Gasteiger partial charge in [-0.2, -0.15) is 18.3 Å². The van der Waals surface area contributed by atoms with Gasteiger partial charge in [-0.25, -0.2) is 14.3 Å². The number of halogens is 3. The quantitative estimate of drug-likeness (QED) is 0.692. The summed E-state index contributed by atoms with van der Waals surface area (Å²) in [4.78, 5) is 18.3. The van der Waals surface area contributed by atoms with Crippen molar-refractivity contribution in [3.63, 3.8) is 0 Å². The molecular weight excluding hydrogens is 413 g/mol. The van der Waals surface area contributed by atoms with Crippen LogP contribution in [0.5, 0.6) is 0 Å². The van der Waals surface area contributed by atoms with Crippen LogP contribution in [0.15, 0.2) is 12.1 Å².